The van der Waals surface area contributed by atoms with Crippen molar-refractivity contribution in [1.82, 2.24) is 4.98 Å². The minimum Gasteiger partial charge on any atom is -0.380 e. The van der Waals surface area contributed by atoms with E-state index in [1.54, 1.807) is 30.5 Å². The van der Waals surface area contributed by atoms with Gasteiger partial charge < -0.3 is 21.7 Å². The van der Waals surface area contributed by atoms with Gasteiger partial charge in [0.15, 0.2) is 5.82 Å². The second-order valence-corrected chi connectivity index (χ2v) is 7.95. The molecule has 4 aromatic rings. The van der Waals surface area contributed by atoms with E-state index in [2.05, 4.69) is 20.9 Å². The van der Waals surface area contributed by atoms with Gasteiger partial charge in [-0.15, -0.1) is 11.3 Å². The maximum Gasteiger partial charge on any atom is 0.274 e. The van der Waals surface area contributed by atoms with Crippen LogP contribution in [0.4, 0.5) is 17.1 Å². The normalized spacial score (nSPS) is 11.2. The van der Waals surface area contributed by atoms with Crippen molar-refractivity contribution < 1.29 is 9.72 Å². The Labute approximate surface area is 193 Å². The van der Waals surface area contributed by atoms with Crippen LogP contribution in [0.2, 0.25) is 0 Å². The number of nitro groups is 1. The van der Waals surface area contributed by atoms with Gasteiger partial charge in [0.05, 0.1) is 16.1 Å². The number of hydrogen-bond acceptors (Lipinski definition) is 8. The molecule has 2 aromatic carbocycles. The molecule has 0 atom stereocenters. The lowest BCUT2D eigenvalue weighted by Crippen LogP contribution is -2.14. The van der Waals surface area contributed by atoms with Crippen molar-refractivity contribution in [3.8, 4) is 0 Å². The molecule has 166 valence electrons. The van der Waals surface area contributed by atoms with Crippen LogP contribution >= 0.6 is 11.3 Å². The van der Waals surface area contributed by atoms with Gasteiger partial charge in [-0.1, -0.05) is 24.3 Å². The Balaban J connectivity index is 1.45. The number of pyridine rings is 1. The minimum atomic E-state index is -0.645. The number of carbonyl (C=O) groups is 1. The number of nitrogens with zero attached hydrogens (tertiary/aromatic N) is 2. The van der Waals surface area contributed by atoms with E-state index in [4.69, 9.17) is 5.73 Å². The summed E-state index contributed by atoms with van der Waals surface area (Å²) in [6, 6.07) is 18.5. The molecular weight excluding hydrogens is 440 g/mol. The number of amides is 1. The summed E-state index contributed by atoms with van der Waals surface area (Å²) < 4.78 is 0. The van der Waals surface area contributed by atoms with Crippen LogP contribution in [0.1, 0.15) is 15.2 Å². The number of thiophene rings is 1. The highest BCUT2D eigenvalue weighted by molar-refractivity contribution is 7.12. The maximum atomic E-state index is 12.9. The summed E-state index contributed by atoms with van der Waals surface area (Å²) in [6.07, 6.45) is 2.44. The van der Waals surface area contributed by atoms with Gasteiger partial charge in [-0.3, -0.25) is 19.9 Å². The van der Waals surface area contributed by atoms with Crippen LogP contribution in [0, 0.1) is 10.1 Å². The number of nitrogens with two attached hydrogens (primary N) is 1. The standard InChI is InChI=1S/C23H20N6O3S/c24-21(14-29(31)32)27-16-4-3-5-17(12-16)28-23(30)22-20(9-11-33-22)26-13-15-8-10-25-19-7-2-1-6-18(15)19/h1-12,14,26-27H,13,24H2,(H,28,30). The fourth-order valence-corrected chi connectivity index (χ4v) is 4.06. The van der Waals surface area contributed by atoms with Gasteiger partial charge in [0.2, 0.25) is 0 Å². The summed E-state index contributed by atoms with van der Waals surface area (Å²) in [7, 11) is 0. The fraction of sp³-hybridized carbons (Fsp3) is 0.0435. The van der Waals surface area contributed by atoms with Gasteiger partial charge in [0.25, 0.3) is 12.1 Å². The minimum absolute atomic E-state index is 0.114. The third-order valence-electron chi connectivity index (χ3n) is 4.73. The summed E-state index contributed by atoms with van der Waals surface area (Å²) >= 11 is 1.33. The van der Waals surface area contributed by atoms with Crippen molar-refractivity contribution in [3.63, 3.8) is 0 Å². The van der Waals surface area contributed by atoms with Crippen LogP contribution in [0.5, 0.6) is 0 Å². The number of benzene rings is 2. The van der Waals surface area contributed by atoms with E-state index in [1.807, 2.05) is 41.8 Å². The first-order valence-corrected chi connectivity index (χ1v) is 10.8. The van der Waals surface area contributed by atoms with Crippen LogP contribution in [0.3, 0.4) is 0 Å². The molecular formula is C23H20N6O3S. The zero-order chi connectivity index (χ0) is 23.2. The van der Waals surface area contributed by atoms with Crippen LogP contribution < -0.4 is 21.7 Å². The third kappa shape index (κ3) is 5.43. The number of anilines is 3. The van der Waals surface area contributed by atoms with E-state index < -0.39 is 4.92 Å². The van der Waals surface area contributed by atoms with Crippen LogP contribution in [0.15, 0.2) is 84.3 Å². The quantitative estimate of drug-likeness (QED) is 0.223. The van der Waals surface area contributed by atoms with E-state index in [0.29, 0.717) is 29.0 Å². The Hall–Kier alpha value is -4.44. The van der Waals surface area contributed by atoms with Crippen molar-refractivity contribution in [2.45, 2.75) is 6.54 Å². The van der Waals surface area contributed by atoms with Gasteiger partial charge in [0.1, 0.15) is 4.88 Å². The molecule has 0 saturated carbocycles. The summed E-state index contributed by atoms with van der Waals surface area (Å²) in [4.78, 5) is 27.7. The molecule has 0 unspecified atom stereocenters. The zero-order valence-corrected chi connectivity index (χ0v) is 18.1. The molecule has 0 radical (unpaired) electrons. The highest BCUT2D eigenvalue weighted by Gasteiger charge is 2.14. The maximum absolute atomic E-state index is 12.9. The van der Waals surface area contributed by atoms with E-state index in [0.717, 1.165) is 22.2 Å². The molecule has 5 N–H and O–H groups in total. The van der Waals surface area contributed by atoms with Gasteiger partial charge in [-0.05, 0) is 47.3 Å². The number of para-hydroxylation sites is 1. The first-order chi connectivity index (χ1) is 16.0. The molecule has 0 bridgehead atoms. The first-order valence-electron chi connectivity index (χ1n) is 9.93. The van der Waals surface area contributed by atoms with Crippen molar-refractivity contribution in [2.75, 3.05) is 16.0 Å². The average Bonchev–Trinajstić information content (AvgIpc) is 3.26. The van der Waals surface area contributed by atoms with E-state index in [-0.39, 0.29) is 11.7 Å². The molecule has 0 saturated heterocycles. The fourth-order valence-electron chi connectivity index (χ4n) is 3.30. The van der Waals surface area contributed by atoms with Crippen LogP contribution in [0.25, 0.3) is 10.9 Å². The molecule has 2 aromatic heterocycles. The molecule has 9 nitrogen and oxygen atoms in total. The monoisotopic (exact) mass is 460 g/mol. The predicted molar refractivity (Wildman–Crippen MR) is 131 cm³/mol. The Bertz CT molecular complexity index is 1350. The molecule has 0 aliphatic heterocycles. The lowest BCUT2D eigenvalue weighted by Gasteiger charge is -2.11. The van der Waals surface area contributed by atoms with E-state index in [1.165, 1.54) is 11.3 Å². The first kappa shape index (κ1) is 21.8. The molecule has 33 heavy (non-hydrogen) atoms. The van der Waals surface area contributed by atoms with E-state index >= 15 is 0 Å². The van der Waals surface area contributed by atoms with Crippen molar-refractivity contribution in [2.24, 2.45) is 5.73 Å². The van der Waals surface area contributed by atoms with E-state index in [9.17, 15) is 14.9 Å². The average molecular weight is 461 g/mol. The largest absolute Gasteiger partial charge is 0.380 e. The molecule has 0 aliphatic rings. The number of hydrogen-bond donors (Lipinski definition) is 4. The second kappa shape index (κ2) is 9.79. The molecule has 1 amide bonds. The predicted octanol–water partition coefficient (Wildman–Crippen LogP) is 4.61. The molecule has 4 rings (SSSR count). The topological polar surface area (TPSA) is 135 Å². The van der Waals surface area contributed by atoms with Crippen LogP contribution in [-0.2, 0) is 6.54 Å². The third-order valence-corrected chi connectivity index (χ3v) is 5.65. The zero-order valence-electron chi connectivity index (χ0n) is 17.3. The molecule has 10 heteroatoms. The molecule has 0 fully saturated rings. The Morgan fingerprint density at radius 2 is 1.88 bits per heavy atom. The Morgan fingerprint density at radius 3 is 2.70 bits per heavy atom. The number of rotatable bonds is 8. The summed E-state index contributed by atoms with van der Waals surface area (Å²) in [5.74, 6) is -0.380. The van der Waals surface area contributed by atoms with Crippen molar-refractivity contribution >= 4 is 45.2 Å². The Kier molecular flexibility index (Phi) is 6.46. The van der Waals surface area contributed by atoms with Crippen molar-refractivity contribution in [3.05, 3.63) is 105 Å². The van der Waals surface area contributed by atoms with Gasteiger partial charge in [-0.2, -0.15) is 0 Å². The Morgan fingerprint density at radius 1 is 1.09 bits per heavy atom. The smallest absolute Gasteiger partial charge is 0.274 e. The summed E-state index contributed by atoms with van der Waals surface area (Å²) in [5, 5.41) is 22.4. The molecule has 0 aliphatic carbocycles. The highest BCUT2D eigenvalue weighted by atomic mass is 32.1. The summed E-state index contributed by atoms with van der Waals surface area (Å²) in [5.41, 5.74) is 9.35. The van der Waals surface area contributed by atoms with Gasteiger partial charge in [-0.25, -0.2) is 0 Å². The molecule has 2 heterocycles. The number of carbonyl (C=O) groups excluding carboxylic acids is 1. The van der Waals surface area contributed by atoms with Crippen molar-refractivity contribution in [1.29, 1.82) is 0 Å². The number of aromatic nitrogens is 1. The number of nitrogens with one attached hydrogen (secondary N) is 3. The highest BCUT2D eigenvalue weighted by Crippen LogP contribution is 2.26. The lowest BCUT2D eigenvalue weighted by atomic mass is 10.1. The van der Waals surface area contributed by atoms with Crippen LogP contribution in [-0.4, -0.2) is 15.8 Å². The van der Waals surface area contributed by atoms with Gasteiger partial charge >= 0.3 is 0 Å². The summed E-state index contributed by atoms with van der Waals surface area (Å²) in [6.45, 7) is 0.543. The second-order valence-electron chi connectivity index (χ2n) is 7.03. The lowest BCUT2D eigenvalue weighted by molar-refractivity contribution is -0.403. The van der Waals surface area contributed by atoms with Gasteiger partial charge in [0, 0.05) is 29.5 Å². The number of fused-ring (bicyclic) bond motifs is 1. The molecule has 0 spiro atoms. The SMILES string of the molecule is NC(=C[N+](=O)[O-])Nc1cccc(NC(=O)c2sccc2NCc2ccnc3ccccc23)c1.